The van der Waals surface area contributed by atoms with E-state index in [2.05, 4.69) is 6.92 Å². The second-order valence-corrected chi connectivity index (χ2v) is 8.34. The first-order chi connectivity index (χ1) is 11.4. The molecule has 0 radical (unpaired) electrons. The van der Waals surface area contributed by atoms with Crippen LogP contribution in [-0.2, 0) is 10.0 Å². The minimum atomic E-state index is -3.56. The van der Waals surface area contributed by atoms with E-state index in [-0.39, 0.29) is 21.4 Å². The maximum absolute atomic E-state index is 12.7. The summed E-state index contributed by atoms with van der Waals surface area (Å²) in [4.78, 5) is 14.6. The third-order valence-electron chi connectivity index (χ3n) is 4.32. The van der Waals surface area contributed by atoms with Crippen LogP contribution in [0.2, 0.25) is 5.02 Å². The lowest BCUT2D eigenvalue weighted by Gasteiger charge is -2.22. The third-order valence-corrected chi connectivity index (χ3v) is 6.55. The summed E-state index contributed by atoms with van der Waals surface area (Å²) in [5.74, 6) is -0.213. The number of nitrogens with zero attached hydrogens (tertiary/aromatic N) is 2. The molecule has 0 atom stereocenters. The Morgan fingerprint density at radius 2 is 1.92 bits per heavy atom. The summed E-state index contributed by atoms with van der Waals surface area (Å²) in [6.07, 6.45) is 3.64. The van der Waals surface area contributed by atoms with Crippen molar-refractivity contribution in [2.45, 2.75) is 44.4 Å². The molecule has 134 valence electrons. The Labute approximate surface area is 149 Å². The van der Waals surface area contributed by atoms with Crippen LogP contribution in [0, 0.1) is 0 Å². The SMILES string of the molecule is CCCCN(CC)C(=O)c1cc(S(=O)(=O)N2CCCC2)ccc1Cl. The van der Waals surface area contributed by atoms with E-state index in [0.29, 0.717) is 26.2 Å². The van der Waals surface area contributed by atoms with Gasteiger partial charge in [0, 0.05) is 26.2 Å². The highest BCUT2D eigenvalue weighted by atomic mass is 35.5. The topological polar surface area (TPSA) is 57.7 Å². The van der Waals surface area contributed by atoms with Gasteiger partial charge in [-0.15, -0.1) is 0 Å². The maximum Gasteiger partial charge on any atom is 0.255 e. The van der Waals surface area contributed by atoms with E-state index in [0.717, 1.165) is 25.7 Å². The van der Waals surface area contributed by atoms with E-state index in [1.807, 2.05) is 6.92 Å². The van der Waals surface area contributed by atoms with Gasteiger partial charge in [0.2, 0.25) is 10.0 Å². The Hall–Kier alpha value is -1.11. The van der Waals surface area contributed by atoms with Crippen LogP contribution >= 0.6 is 11.6 Å². The summed E-state index contributed by atoms with van der Waals surface area (Å²) < 4.78 is 26.9. The van der Waals surface area contributed by atoms with Crippen molar-refractivity contribution in [3.8, 4) is 0 Å². The number of hydrogen-bond acceptors (Lipinski definition) is 3. The predicted molar refractivity (Wildman–Crippen MR) is 95.9 cm³/mol. The molecule has 1 aromatic rings. The van der Waals surface area contributed by atoms with E-state index in [1.54, 1.807) is 4.90 Å². The van der Waals surface area contributed by atoms with Crippen molar-refractivity contribution in [3.05, 3.63) is 28.8 Å². The zero-order valence-electron chi connectivity index (χ0n) is 14.3. The highest BCUT2D eigenvalue weighted by Gasteiger charge is 2.28. The van der Waals surface area contributed by atoms with Crippen molar-refractivity contribution in [3.63, 3.8) is 0 Å². The number of carbonyl (C=O) groups excluding carboxylic acids is 1. The second-order valence-electron chi connectivity index (χ2n) is 5.99. The number of carbonyl (C=O) groups is 1. The smallest absolute Gasteiger partial charge is 0.255 e. The molecule has 0 spiro atoms. The number of halogens is 1. The van der Waals surface area contributed by atoms with Crippen LogP contribution in [0.25, 0.3) is 0 Å². The molecule has 7 heteroatoms. The molecular formula is C17H25ClN2O3S. The average Bonchev–Trinajstić information content (AvgIpc) is 3.11. The van der Waals surface area contributed by atoms with Crippen LogP contribution in [0.4, 0.5) is 0 Å². The molecule has 2 rings (SSSR count). The fourth-order valence-electron chi connectivity index (χ4n) is 2.83. The molecule has 0 aliphatic carbocycles. The van der Waals surface area contributed by atoms with Crippen LogP contribution in [0.3, 0.4) is 0 Å². The van der Waals surface area contributed by atoms with Gasteiger partial charge in [-0.25, -0.2) is 8.42 Å². The Balaban J connectivity index is 2.32. The molecule has 1 aliphatic rings. The Kier molecular flexibility index (Phi) is 6.66. The molecule has 0 saturated carbocycles. The van der Waals surface area contributed by atoms with Crippen LogP contribution in [-0.4, -0.2) is 49.7 Å². The molecule has 0 unspecified atom stereocenters. The number of rotatable bonds is 7. The molecule has 0 bridgehead atoms. The fourth-order valence-corrected chi connectivity index (χ4v) is 4.57. The Morgan fingerprint density at radius 1 is 1.25 bits per heavy atom. The third kappa shape index (κ3) is 4.10. The van der Waals surface area contributed by atoms with Crippen LogP contribution in [0.1, 0.15) is 49.9 Å². The van der Waals surface area contributed by atoms with E-state index >= 15 is 0 Å². The number of unbranched alkanes of at least 4 members (excludes halogenated alkanes) is 1. The zero-order chi connectivity index (χ0) is 17.7. The molecule has 0 aromatic heterocycles. The summed E-state index contributed by atoms with van der Waals surface area (Å²) in [5, 5.41) is 0.287. The van der Waals surface area contributed by atoms with Crippen molar-refractivity contribution >= 4 is 27.5 Å². The molecule has 0 N–H and O–H groups in total. The molecule has 1 aliphatic heterocycles. The lowest BCUT2D eigenvalue weighted by molar-refractivity contribution is 0.0762. The lowest BCUT2D eigenvalue weighted by Crippen LogP contribution is -2.32. The van der Waals surface area contributed by atoms with Gasteiger partial charge in [0.15, 0.2) is 0 Å². The summed E-state index contributed by atoms with van der Waals surface area (Å²) in [5.41, 5.74) is 0.259. The first-order valence-electron chi connectivity index (χ1n) is 8.50. The Morgan fingerprint density at radius 3 is 2.50 bits per heavy atom. The van der Waals surface area contributed by atoms with Gasteiger partial charge in [0.05, 0.1) is 15.5 Å². The molecule has 1 amide bonds. The fraction of sp³-hybridized carbons (Fsp3) is 0.588. The minimum Gasteiger partial charge on any atom is -0.339 e. The van der Waals surface area contributed by atoms with E-state index < -0.39 is 10.0 Å². The second kappa shape index (κ2) is 8.32. The van der Waals surface area contributed by atoms with Crippen LogP contribution in [0.5, 0.6) is 0 Å². The van der Waals surface area contributed by atoms with Gasteiger partial charge >= 0.3 is 0 Å². The van der Waals surface area contributed by atoms with Gasteiger partial charge in [-0.2, -0.15) is 4.31 Å². The molecule has 1 aromatic carbocycles. The Bertz CT molecular complexity index is 685. The van der Waals surface area contributed by atoms with Crippen LogP contribution in [0.15, 0.2) is 23.1 Å². The van der Waals surface area contributed by atoms with Crippen LogP contribution < -0.4 is 0 Å². The monoisotopic (exact) mass is 372 g/mol. The van der Waals surface area contributed by atoms with Gasteiger partial charge in [-0.3, -0.25) is 4.79 Å². The highest BCUT2D eigenvalue weighted by molar-refractivity contribution is 7.89. The van der Waals surface area contributed by atoms with E-state index in [4.69, 9.17) is 11.6 Å². The summed E-state index contributed by atoms with van der Waals surface area (Å²) >= 11 is 6.18. The molecule has 1 heterocycles. The molecule has 1 saturated heterocycles. The van der Waals surface area contributed by atoms with Gasteiger partial charge in [0.25, 0.3) is 5.91 Å². The van der Waals surface area contributed by atoms with E-state index in [9.17, 15) is 13.2 Å². The summed E-state index contributed by atoms with van der Waals surface area (Å²) in [6.45, 7) is 6.25. The molecule has 24 heavy (non-hydrogen) atoms. The number of amides is 1. The first-order valence-corrected chi connectivity index (χ1v) is 10.3. The predicted octanol–water partition coefficient (Wildman–Crippen LogP) is 3.39. The lowest BCUT2D eigenvalue weighted by atomic mass is 10.2. The maximum atomic E-state index is 12.7. The van der Waals surface area contributed by atoms with Crippen molar-refractivity contribution in [2.75, 3.05) is 26.2 Å². The average molecular weight is 373 g/mol. The minimum absolute atomic E-state index is 0.142. The van der Waals surface area contributed by atoms with Crippen molar-refractivity contribution < 1.29 is 13.2 Å². The number of benzene rings is 1. The summed E-state index contributed by atoms with van der Waals surface area (Å²) in [6, 6.07) is 4.41. The highest BCUT2D eigenvalue weighted by Crippen LogP contribution is 2.26. The molecule has 5 nitrogen and oxygen atoms in total. The van der Waals surface area contributed by atoms with Gasteiger partial charge in [-0.1, -0.05) is 24.9 Å². The molecular weight excluding hydrogens is 348 g/mol. The van der Waals surface area contributed by atoms with Crippen molar-refractivity contribution in [1.29, 1.82) is 0 Å². The van der Waals surface area contributed by atoms with Gasteiger partial charge in [0.1, 0.15) is 0 Å². The standard InChI is InChI=1S/C17H25ClN2O3S/c1-3-5-10-19(4-2)17(21)15-13-14(8-9-16(15)18)24(22,23)20-11-6-7-12-20/h8-9,13H,3-7,10-12H2,1-2H3. The van der Waals surface area contributed by atoms with Gasteiger partial charge < -0.3 is 4.90 Å². The number of sulfonamides is 1. The van der Waals surface area contributed by atoms with Crippen molar-refractivity contribution in [2.24, 2.45) is 0 Å². The van der Waals surface area contributed by atoms with E-state index in [1.165, 1.54) is 22.5 Å². The number of hydrogen-bond donors (Lipinski definition) is 0. The first kappa shape index (κ1) is 19.2. The van der Waals surface area contributed by atoms with Crippen molar-refractivity contribution in [1.82, 2.24) is 9.21 Å². The quantitative estimate of drug-likeness (QED) is 0.737. The summed E-state index contributed by atoms with van der Waals surface area (Å²) in [7, 11) is -3.56. The van der Waals surface area contributed by atoms with Gasteiger partial charge in [-0.05, 0) is 44.4 Å². The molecule has 1 fully saturated rings. The largest absolute Gasteiger partial charge is 0.339 e. The normalized spacial score (nSPS) is 15.6. The zero-order valence-corrected chi connectivity index (χ0v) is 15.9.